The highest BCUT2D eigenvalue weighted by Gasteiger charge is 2.17. The smallest absolute Gasteiger partial charge is 0.305 e. The third kappa shape index (κ3) is 3.88. The molecule has 1 aromatic carbocycles. The molecule has 20 heavy (non-hydrogen) atoms. The van der Waals surface area contributed by atoms with Gasteiger partial charge < -0.3 is 4.74 Å². The van der Waals surface area contributed by atoms with E-state index in [9.17, 15) is 19.7 Å². The van der Waals surface area contributed by atoms with E-state index in [0.717, 1.165) is 0 Å². The van der Waals surface area contributed by atoms with Gasteiger partial charge >= 0.3 is 5.97 Å². The van der Waals surface area contributed by atoms with Crippen LogP contribution in [0, 0.1) is 24.0 Å². The Balaban J connectivity index is 2.83. The van der Waals surface area contributed by atoms with Crippen LogP contribution in [0.3, 0.4) is 0 Å². The van der Waals surface area contributed by atoms with E-state index in [-0.39, 0.29) is 30.3 Å². The first-order valence-corrected chi connectivity index (χ1v) is 6.22. The first-order chi connectivity index (χ1) is 9.36. The first kappa shape index (κ1) is 15.8. The molecule has 0 N–H and O–H groups in total. The normalized spacial score (nSPS) is 10.2. The molecule has 6 heteroatoms. The van der Waals surface area contributed by atoms with Gasteiger partial charge in [-0.1, -0.05) is 0 Å². The maximum atomic E-state index is 12.0. The van der Waals surface area contributed by atoms with Gasteiger partial charge in [-0.2, -0.15) is 0 Å². The van der Waals surface area contributed by atoms with E-state index in [4.69, 9.17) is 0 Å². The molecule has 0 saturated carbocycles. The van der Waals surface area contributed by atoms with E-state index in [2.05, 4.69) is 4.74 Å². The van der Waals surface area contributed by atoms with Gasteiger partial charge in [0.25, 0.3) is 5.69 Å². The van der Waals surface area contributed by atoms with Crippen LogP contribution in [0.1, 0.15) is 40.7 Å². The molecule has 0 aliphatic heterocycles. The van der Waals surface area contributed by atoms with Gasteiger partial charge in [-0.05, 0) is 31.9 Å². The topological polar surface area (TPSA) is 86.5 Å². The molecule has 0 aromatic heterocycles. The van der Waals surface area contributed by atoms with Crippen molar-refractivity contribution in [3.05, 3.63) is 38.9 Å². The van der Waals surface area contributed by atoms with E-state index in [1.54, 1.807) is 19.9 Å². The second-order valence-electron chi connectivity index (χ2n) is 4.55. The van der Waals surface area contributed by atoms with E-state index in [0.29, 0.717) is 23.1 Å². The fourth-order valence-electron chi connectivity index (χ4n) is 1.83. The number of methoxy groups -OCH3 is 1. The number of nitrogens with zero attached hydrogens (tertiary/aromatic N) is 1. The summed E-state index contributed by atoms with van der Waals surface area (Å²) in [6.07, 6.45) is 0.691. The quantitative estimate of drug-likeness (QED) is 0.346. The number of nitro groups is 1. The maximum Gasteiger partial charge on any atom is 0.305 e. The Morgan fingerprint density at radius 3 is 2.45 bits per heavy atom. The number of ether oxygens (including phenoxy) is 1. The summed E-state index contributed by atoms with van der Waals surface area (Å²) in [5.41, 5.74) is 1.52. The highest BCUT2D eigenvalue weighted by Crippen LogP contribution is 2.24. The Morgan fingerprint density at radius 2 is 1.90 bits per heavy atom. The minimum atomic E-state index is -0.492. The first-order valence-electron chi connectivity index (χ1n) is 6.22. The average Bonchev–Trinajstić information content (AvgIpc) is 2.40. The molecule has 0 radical (unpaired) electrons. The molecule has 1 aromatic rings. The molecule has 6 nitrogen and oxygen atoms in total. The number of ketones is 1. The van der Waals surface area contributed by atoms with Crippen molar-refractivity contribution < 1.29 is 19.2 Å². The summed E-state index contributed by atoms with van der Waals surface area (Å²) in [5, 5.41) is 10.9. The summed E-state index contributed by atoms with van der Waals surface area (Å²) in [4.78, 5) is 33.4. The van der Waals surface area contributed by atoms with Crippen molar-refractivity contribution in [1.29, 1.82) is 0 Å². The SMILES string of the molecule is COC(=O)CCCC(=O)c1cc(C)c(C)c([N+](=O)[O-])c1. The lowest BCUT2D eigenvalue weighted by atomic mass is 9.99. The van der Waals surface area contributed by atoms with Crippen LogP contribution in [0.25, 0.3) is 0 Å². The number of aryl methyl sites for hydroxylation is 1. The Kier molecular flexibility index (Phi) is 5.37. The number of hydrogen-bond donors (Lipinski definition) is 0. The monoisotopic (exact) mass is 279 g/mol. The average molecular weight is 279 g/mol. The molecule has 0 amide bonds. The number of hydrogen-bond acceptors (Lipinski definition) is 5. The lowest BCUT2D eigenvalue weighted by Crippen LogP contribution is -2.05. The zero-order valence-electron chi connectivity index (χ0n) is 11.8. The molecule has 0 heterocycles. The second-order valence-corrected chi connectivity index (χ2v) is 4.55. The van der Waals surface area contributed by atoms with Crippen LogP contribution in [0.5, 0.6) is 0 Å². The number of carbonyl (C=O) groups excluding carboxylic acids is 2. The fraction of sp³-hybridized carbons (Fsp3) is 0.429. The summed E-state index contributed by atoms with van der Waals surface area (Å²) in [6, 6.07) is 2.94. The van der Waals surface area contributed by atoms with E-state index in [1.165, 1.54) is 13.2 Å². The van der Waals surface area contributed by atoms with E-state index >= 15 is 0 Å². The van der Waals surface area contributed by atoms with Gasteiger partial charge in [0, 0.05) is 30.0 Å². The Bertz CT molecular complexity index is 551. The molecule has 1 rings (SSSR count). The molecule has 0 unspecified atom stereocenters. The summed E-state index contributed by atoms with van der Waals surface area (Å²) in [7, 11) is 1.29. The number of rotatable bonds is 6. The highest BCUT2D eigenvalue weighted by molar-refractivity contribution is 5.97. The fourth-order valence-corrected chi connectivity index (χ4v) is 1.83. The molecule has 108 valence electrons. The zero-order chi connectivity index (χ0) is 15.3. The molecule has 0 spiro atoms. The van der Waals surface area contributed by atoms with Crippen molar-refractivity contribution in [1.82, 2.24) is 0 Å². The lowest BCUT2D eigenvalue weighted by Gasteiger charge is -2.06. The molecular formula is C14H17NO5. The summed E-state index contributed by atoms with van der Waals surface area (Å²) >= 11 is 0. The van der Waals surface area contributed by atoms with Crippen molar-refractivity contribution in [3.8, 4) is 0 Å². The third-order valence-corrected chi connectivity index (χ3v) is 3.17. The van der Waals surface area contributed by atoms with Crippen LogP contribution in [-0.2, 0) is 9.53 Å². The van der Waals surface area contributed by atoms with Crippen molar-refractivity contribution in [2.45, 2.75) is 33.1 Å². The maximum absolute atomic E-state index is 12.0. The minimum Gasteiger partial charge on any atom is -0.469 e. The second kappa shape index (κ2) is 6.79. The predicted molar refractivity (Wildman–Crippen MR) is 72.8 cm³/mol. The van der Waals surface area contributed by atoms with Crippen molar-refractivity contribution in [2.24, 2.45) is 0 Å². The summed E-state index contributed by atoms with van der Waals surface area (Å²) < 4.78 is 4.48. The number of nitro benzene ring substituents is 1. The van der Waals surface area contributed by atoms with Gasteiger partial charge in [-0.25, -0.2) is 0 Å². The molecule has 0 aliphatic carbocycles. The Labute approximate surface area is 116 Å². The van der Waals surface area contributed by atoms with Crippen LogP contribution < -0.4 is 0 Å². The summed E-state index contributed by atoms with van der Waals surface area (Å²) in [5.74, 6) is -0.580. The molecule has 0 aliphatic rings. The van der Waals surface area contributed by atoms with Crippen LogP contribution in [0.4, 0.5) is 5.69 Å². The van der Waals surface area contributed by atoms with Crippen LogP contribution in [0.15, 0.2) is 12.1 Å². The lowest BCUT2D eigenvalue weighted by molar-refractivity contribution is -0.385. The van der Waals surface area contributed by atoms with Crippen molar-refractivity contribution in [3.63, 3.8) is 0 Å². The van der Waals surface area contributed by atoms with Gasteiger partial charge in [-0.3, -0.25) is 19.7 Å². The number of Topliss-reactive ketones (excluding diaryl/α,β-unsaturated/α-hetero) is 1. The van der Waals surface area contributed by atoms with Crippen molar-refractivity contribution >= 4 is 17.4 Å². The standard InChI is InChI=1S/C14H17NO5/c1-9-7-11(8-12(10(9)2)15(18)19)13(16)5-4-6-14(17)20-3/h7-8H,4-6H2,1-3H3. The van der Waals surface area contributed by atoms with Crippen LogP contribution in [0.2, 0.25) is 0 Å². The number of carbonyl (C=O) groups is 2. The minimum absolute atomic E-state index is 0.0543. The van der Waals surface area contributed by atoms with Gasteiger partial charge in [0.1, 0.15) is 0 Å². The number of esters is 1. The predicted octanol–water partition coefficient (Wildman–Crippen LogP) is 2.74. The molecule has 0 bridgehead atoms. The summed E-state index contributed by atoms with van der Waals surface area (Å²) in [6.45, 7) is 3.38. The molecular weight excluding hydrogens is 262 g/mol. The number of benzene rings is 1. The van der Waals surface area contributed by atoms with Crippen LogP contribution >= 0.6 is 0 Å². The van der Waals surface area contributed by atoms with E-state index in [1.807, 2.05) is 0 Å². The van der Waals surface area contributed by atoms with Gasteiger partial charge in [-0.15, -0.1) is 0 Å². The third-order valence-electron chi connectivity index (χ3n) is 3.17. The molecule has 0 fully saturated rings. The molecule has 0 atom stereocenters. The highest BCUT2D eigenvalue weighted by atomic mass is 16.6. The van der Waals surface area contributed by atoms with Gasteiger partial charge in [0.2, 0.25) is 0 Å². The van der Waals surface area contributed by atoms with Gasteiger partial charge in [0.05, 0.1) is 12.0 Å². The van der Waals surface area contributed by atoms with Crippen LogP contribution in [-0.4, -0.2) is 23.8 Å². The Morgan fingerprint density at radius 1 is 1.25 bits per heavy atom. The Hall–Kier alpha value is -2.24. The van der Waals surface area contributed by atoms with Crippen molar-refractivity contribution in [2.75, 3.05) is 7.11 Å². The largest absolute Gasteiger partial charge is 0.469 e. The zero-order valence-corrected chi connectivity index (χ0v) is 11.8. The van der Waals surface area contributed by atoms with E-state index < -0.39 is 4.92 Å². The van der Waals surface area contributed by atoms with Gasteiger partial charge in [0.15, 0.2) is 5.78 Å². The molecule has 0 saturated heterocycles.